The molecule has 2 N–H and O–H groups in total. The Bertz CT molecular complexity index is 448. The van der Waals surface area contributed by atoms with E-state index in [9.17, 15) is 19.5 Å². The maximum absolute atomic E-state index is 12.6. The minimum Gasteiger partial charge on any atom is -0.480 e. The molecule has 0 saturated carbocycles. The van der Waals surface area contributed by atoms with Gasteiger partial charge in [-0.3, -0.25) is 9.69 Å². The van der Waals surface area contributed by atoms with Crippen LogP contribution in [0.4, 0.5) is 4.79 Å². The van der Waals surface area contributed by atoms with E-state index in [1.165, 1.54) is 4.90 Å². The van der Waals surface area contributed by atoms with Gasteiger partial charge in [-0.05, 0) is 24.7 Å². The molecule has 2 heterocycles. The summed E-state index contributed by atoms with van der Waals surface area (Å²) in [5.41, 5.74) is 0.131. The standard InChI is InChI=1S/C14H23N3O4/c1-3-14(4-2)5-6-16(9-14)13(21)17-8-11(18)15-7-10(17)12(19)20/h10H,3-9H2,1-2H3,(H,15,18)(H,19,20). The van der Waals surface area contributed by atoms with Crippen LogP contribution in [-0.2, 0) is 9.59 Å². The second-order valence-electron chi connectivity index (χ2n) is 5.95. The number of nitrogens with zero attached hydrogens (tertiary/aromatic N) is 2. The molecule has 7 heteroatoms. The molecule has 2 aliphatic rings. The van der Waals surface area contributed by atoms with E-state index in [1.54, 1.807) is 4.90 Å². The fraction of sp³-hybridized carbons (Fsp3) is 0.786. The number of nitrogens with one attached hydrogen (secondary N) is 1. The van der Waals surface area contributed by atoms with Gasteiger partial charge in [0.25, 0.3) is 0 Å². The highest BCUT2D eigenvalue weighted by Gasteiger charge is 2.42. The maximum Gasteiger partial charge on any atom is 0.328 e. The molecule has 2 saturated heterocycles. The van der Waals surface area contributed by atoms with Crippen LogP contribution in [0.15, 0.2) is 0 Å². The van der Waals surface area contributed by atoms with Crippen LogP contribution in [0.5, 0.6) is 0 Å². The van der Waals surface area contributed by atoms with Crippen LogP contribution in [0.1, 0.15) is 33.1 Å². The van der Waals surface area contributed by atoms with Gasteiger partial charge < -0.3 is 15.3 Å². The molecule has 2 aliphatic heterocycles. The number of carboxylic acids is 1. The van der Waals surface area contributed by atoms with Gasteiger partial charge in [0.1, 0.15) is 12.6 Å². The number of carbonyl (C=O) groups excluding carboxylic acids is 2. The van der Waals surface area contributed by atoms with Crippen molar-refractivity contribution in [2.24, 2.45) is 5.41 Å². The molecule has 0 aromatic carbocycles. The highest BCUT2D eigenvalue weighted by Crippen LogP contribution is 2.37. The largest absolute Gasteiger partial charge is 0.480 e. The van der Waals surface area contributed by atoms with Crippen molar-refractivity contribution < 1.29 is 19.5 Å². The quantitative estimate of drug-likeness (QED) is 0.794. The summed E-state index contributed by atoms with van der Waals surface area (Å²) in [6.45, 7) is 5.30. The smallest absolute Gasteiger partial charge is 0.328 e. The van der Waals surface area contributed by atoms with Gasteiger partial charge in [-0.1, -0.05) is 13.8 Å². The summed E-state index contributed by atoms with van der Waals surface area (Å²) < 4.78 is 0. The Hall–Kier alpha value is -1.79. The van der Waals surface area contributed by atoms with E-state index in [2.05, 4.69) is 19.2 Å². The van der Waals surface area contributed by atoms with Crippen molar-refractivity contribution in [3.8, 4) is 0 Å². The van der Waals surface area contributed by atoms with Crippen molar-refractivity contribution in [2.75, 3.05) is 26.2 Å². The molecule has 1 unspecified atom stereocenters. The van der Waals surface area contributed by atoms with Gasteiger partial charge >= 0.3 is 12.0 Å². The molecule has 21 heavy (non-hydrogen) atoms. The predicted octanol–water partition coefficient (Wildman–Crippen LogP) is 0.504. The Morgan fingerprint density at radius 3 is 2.57 bits per heavy atom. The molecule has 0 radical (unpaired) electrons. The van der Waals surface area contributed by atoms with Crippen molar-refractivity contribution in [3.63, 3.8) is 0 Å². The van der Waals surface area contributed by atoms with Gasteiger partial charge in [0.05, 0.1) is 0 Å². The summed E-state index contributed by atoms with van der Waals surface area (Å²) in [6.07, 6.45) is 2.93. The number of amides is 3. The summed E-state index contributed by atoms with van der Waals surface area (Å²) >= 11 is 0. The Morgan fingerprint density at radius 1 is 1.38 bits per heavy atom. The van der Waals surface area contributed by atoms with Crippen LogP contribution in [0.25, 0.3) is 0 Å². The van der Waals surface area contributed by atoms with Crippen molar-refractivity contribution in [1.29, 1.82) is 0 Å². The lowest BCUT2D eigenvalue weighted by Crippen LogP contribution is -2.61. The first-order chi connectivity index (χ1) is 9.92. The summed E-state index contributed by atoms with van der Waals surface area (Å²) in [6, 6.07) is -1.31. The van der Waals surface area contributed by atoms with Crippen molar-refractivity contribution in [2.45, 2.75) is 39.2 Å². The number of piperazine rings is 1. The highest BCUT2D eigenvalue weighted by molar-refractivity contribution is 5.90. The normalized spacial score (nSPS) is 24.9. The predicted molar refractivity (Wildman–Crippen MR) is 75.7 cm³/mol. The van der Waals surface area contributed by atoms with Crippen LogP contribution in [-0.4, -0.2) is 65.0 Å². The Morgan fingerprint density at radius 2 is 2.05 bits per heavy atom. The molecule has 3 amide bonds. The molecule has 0 aromatic heterocycles. The summed E-state index contributed by atoms with van der Waals surface area (Å²) in [4.78, 5) is 38.2. The first-order valence-electron chi connectivity index (χ1n) is 7.47. The van der Waals surface area contributed by atoms with Crippen LogP contribution < -0.4 is 5.32 Å². The molecule has 0 aliphatic carbocycles. The number of likely N-dealkylation sites (tertiary alicyclic amines) is 1. The Kier molecular flexibility index (Phi) is 4.39. The lowest BCUT2D eigenvalue weighted by molar-refractivity contribution is -0.144. The molecule has 2 fully saturated rings. The Labute approximate surface area is 124 Å². The fourth-order valence-electron chi connectivity index (χ4n) is 3.17. The molecular formula is C14H23N3O4. The SMILES string of the molecule is CCC1(CC)CCN(C(=O)N2CC(=O)NCC2C(=O)O)C1. The van der Waals surface area contributed by atoms with Gasteiger partial charge in [0, 0.05) is 19.6 Å². The average molecular weight is 297 g/mol. The first-order valence-corrected chi connectivity index (χ1v) is 7.47. The zero-order valence-electron chi connectivity index (χ0n) is 12.6. The highest BCUT2D eigenvalue weighted by atomic mass is 16.4. The summed E-state index contributed by atoms with van der Waals surface area (Å²) in [5.74, 6) is -1.39. The number of urea groups is 1. The number of hydrogen-bond donors (Lipinski definition) is 2. The fourth-order valence-corrected chi connectivity index (χ4v) is 3.17. The lowest BCUT2D eigenvalue weighted by Gasteiger charge is -2.36. The zero-order chi connectivity index (χ0) is 15.6. The minimum atomic E-state index is -1.08. The van der Waals surface area contributed by atoms with Gasteiger partial charge in [-0.2, -0.15) is 0 Å². The molecule has 0 aromatic rings. The van der Waals surface area contributed by atoms with E-state index >= 15 is 0 Å². The van der Waals surface area contributed by atoms with E-state index in [1.807, 2.05) is 0 Å². The first kappa shape index (κ1) is 15.6. The topological polar surface area (TPSA) is 90.0 Å². The van der Waals surface area contributed by atoms with E-state index in [0.29, 0.717) is 13.1 Å². The molecule has 2 rings (SSSR count). The molecular weight excluding hydrogens is 274 g/mol. The molecule has 0 spiro atoms. The maximum atomic E-state index is 12.6. The van der Waals surface area contributed by atoms with Gasteiger partial charge in [-0.25, -0.2) is 9.59 Å². The third-order valence-electron chi connectivity index (χ3n) is 4.92. The third kappa shape index (κ3) is 2.96. The second kappa shape index (κ2) is 5.91. The molecule has 0 bridgehead atoms. The number of carboxylic acid groups (broad SMARTS) is 1. The van der Waals surface area contributed by atoms with Gasteiger partial charge in [-0.15, -0.1) is 0 Å². The molecule has 7 nitrogen and oxygen atoms in total. The number of aliphatic carboxylic acids is 1. The monoisotopic (exact) mass is 297 g/mol. The van der Waals surface area contributed by atoms with Crippen molar-refractivity contribution in [3.05, 3.63) is 0 Å². The lowest BCUT2D eigenvalue weighted by atomic mass is 9.82. The number of hydrogen-bond acceptors (Lipinski definition) is 3. The second-order valence-corrected chi connectivity index (χ2v) is 5.95. The van der Waals surface area contributed by atoms with E-state index in [4.69, 9.17) is 0 Å². The summed E-state index contributed by atoms with van der Waals surface area (Å²) in [7, 11) is 0. The summed E-state index contributed by atoms with van der Waals surface area (Å²) in [5, 5.41) is 11.7. The van der Waals surface area contributed by atoms with Crippen LogP contribution >= 0.6 is 0 Å². The van der Waals surface area contributed by atoms with Crippen LogP contribution in [0, 0.1) is 5.41 Å². The van der Waals surface area contributed by atoms with E-state index in [0.717, 1.165) is 19.3 Å². The van der Waals surface area contributed by atoms with Gasteiger partial charge in [0.2, 0.25) is 5.91 Å². The Balaban J connectivity index is 2.11. The van der Waals surface area contributed by atoms with E-state index < -0.39 is 12.0 Å². The van der Waals surface area contributed by atoms with Crippen LogP contribution in [0.3, 0.4) is 0 Å². The minimum absolute atomic E-state index is 0.0273. The number of carbonyl (C=O) groups is 3. The van der Waals surface area contributed by atoms with Crippen molar-refractivity contribution in [1.82, 2.24) is 15.1 Å². The average Bonchev–Trinajstić information content (AvgIpc) is 2.91. The third-order valence-corrected chi connectivity index (χ3v) is 4.92. The van der Waals surface area contributed by atoms with E-state index in [-0.39, 0.29) is 30.4 Å². The number of rotatable bonds is 3. The molecule has 1 atom stereocenters. The molecule has 118 valence electrons. The van der Waals surface area contributed by atoms with Crippen LogP contribution in [0.2, 0.25) is 0 Å². The zero-order valence-corrected chi connectivity index (χ0v) is 12.6. The van der Waals surface area contributed by atoms with Crippen molar-refractivity contribution >= 4 is 17.9 Å². The van der Waals surface area contributed by atoms with Gasteiger partial charge in [0.15, 0.2) is 0 Å².